The molecule has 0 atom stereocenters. The molecule has 0 aromatic carbocycles. The highest BCUT2D eigenvalue weighted by atomic mass is 32.2. The third kappa shape index (κ3) is 2.67. The number of rotatable bonds is 3. The Bertz CT molecular complexity index is 176. The number of hydrogen-bond acceptors (Lipinski definition) is 3. The molecule has 86 valence electrons. The zero-order chi connectivity index (χ0) is 11.6. The predicted molar refractivity (Wildman–Crippen MR) is 38.6 cm³/mol. The van der Waals surface area contributed by atoms with Crippen LogP contribution in [0.5, 0.6) is 0 Å². The van der Waals surface area contributed by atoms with E-state index < -0.39 is 34.8 Å². The molecule has 3 N–H and O–H groups in total. The molecule has 0 aliphatic rings. The number of alkyl halides is 6. The van der Waals surface area contributed by atoms with Crippen molar-refractivity contribution in [2.75, 3.05) is 12.3 Å². The van der Waals surface area contributed by atoms with Crippen molar-refractivity contribution in [1.29, 1.82) is 0 Å². The lowest BCUT2D eigenvalue weighted by atomic mass is 10.3. The first-order chi connectivity index (χ1) is 6.06. The Balaban J connectivity index is 4.87. The van der Waals surface area contributed by atoms with Crippen molar-refractivity contribution in [1.82, 2.24) is 0 Å². The molecule has 0 fully saturated rings. The fourth-order valence-corrected chi connectivity index (χ4v) is 1.27. The van der Waals surface area contributed by atoms with Crippen molar-refractivity contribution < 1.29 is 31.4 Å². The van der Waals surface area contributed by atoms with Crippen LogP contribution in [0.1, 0.15) is 0 Å². The van der Waals surface area contributed by atoms with E-state index in [4.69, 9.17) is 10.8 Å². The molecule has 0 aliphatic heterocycles. The van der Waals surface area contributed by atoms with Crippen molar-refractivity contribution in [3.63, 3.8) is 0 Å². The highest BCUT2D eigenvalue weighted by molar-refractivity contribution is 8.00. The summed E-state index contributed by atoms with van der Waals surface area (Å²) in [5.41, 5.74) is 4.76. The fraction of sp³-hybridized carbons (Fsp3) is 1.00. The second kappa shape index (κ2) is 4.15. The van der Waals surface area contributed by atoms with Crippen LogP contribution in [0.4, 0.5) is 26.3 Å². The van der Waals surface area contributed by atoms with Crippen LogP contribution in [0, 0.1) is 0 Å². The van der Waals surface area contributed by atoms with E-state index in [-0.39, 0.29) is 6.54 Å². The lowest BCUT2D eigenvalue weighted by molar-refractivity contribution is -0.327. The lowest BCUT2D eigenvalue weighted by Crippen LogP contribution is -2.54. The van der Waals surface area contributed by atoms with E-state index >= 15 is 0 Å². The summed E-state index contributed by atoms with van der Waals surface area (Å²) in [6, 6.07) is 0. The minimum absolute atomic E-state index is 0.390. The average Bonchev–Trinajstić information content (AvgIpc) is 1.95. The molecule has 0 heterocycles. The molecule has 0 saturated carbocycles. The molecule has 14 heavy (non-hydrogen) atoms. The topological polar surface area (TPSA) is 46.2 Å². The number of nitrogens with two attached hydrogens (primary N) is 1. The minimum atomic E-state index is -5.77. The third-order valence-electron chi connectivity index (χ3n) is 1.20. The highest BCUT2D eigenvalue weighted by Gasteiger charge is 2.70. The van der Waals surface area contributed by atoms with Crippen LogP contribution in [-0.4, -0.2) is 34.7 Å². The zero-order valence-corrected chi connectivity index (χ0v) is 7.43. The molecule has 0 aromatic heterocycles. The van der Waals surface area contributed by atoms with Gasteiger partial charge in [0.2, 0.25) is 0 Å². The van der Waals surface area contributed by atoms with E-state index in [0.29, 0.717) is 0 Å². The summed E-state index contributed by atoms with van der Waals surface area (Å²) in [7, 11) is 0. The number of aliphatic hydroxyl groups is 1. The Morgan fingerprint density at radius 3 is 1.57 bits per heavy atom. The van der Waals surface area contributed by atoms with Crippen molar-refractivity contribution >= 4 is 11.8 Å². The first-order valence-electron chi connectivity index (χ1n) is 3.26. The Morgan fingerprint density at radius 1 is 1.00 bits per heavy atom. The Hall–Kier alpha value is -0.150. The van der Waals surface area contributed by atoms with E-state index in [1.54, 1.807) is 0 Å². The summed E-state index contributed by atoms with van der Waals surface area (Å²) in [6.07, 6.45) is -11.5. The van der Waals surface area contributed by atoms with Gasteiger partial charge >= 0.3 is 17.3 Å². The lowest BCUT2D eigenvalue weighted by Gasteiger charge is -2.31. The monoisotopic (exact) mass is 243 g/mol. The summed E-state index contributed by atoms with van der Waals surface area (Å²) in [6.45, 7) is -0.390. The average molecular weight is 243 g/mol. The van der Waals surface area contributed by atoms with Gasteiger partial charge < -0.3 is 10.8 Å². The maximum absolute atomic E-state index is 11.9. The predicted octanol–water partition coefficient (Wildman–Crippen LogP) is 1.49. The van der Waals surface area contributed by atoms with Crippen LogP contribution in [0.3, 0.4) is 0 Å². The van der Waals surface area contributed by atoms with Gasteiger partial charge in [-0.2, -0.15) is 26.3 Å². The third-order valence-corrected chi connectivity index (χ3v) is 2.52. The van der Waals surface area contributed by atoms with Crippen molar-refractivity contribution in [3.05, 3.63) is 0 Å². The van der Waals surface area contributed by atoms with Gasteiger partial charge in [-0.15, -0.1) is 11.8 Å². The van der Waals surface area contributed by atoms with E-state index in [2.05, 4.69) is 0 Å². The normalized spacial score (nSPS) is 14.6. The van der Waals surface area contributed by atoms with Crippen molar-refractivity contribution in [3.8, 4) is 0 Å². The molecule has 0 saturated heterocycles. The Kier molecular flexibility index (Phi) is 4.11. The second-order valence-corrected chi connectivity index (χ2v) is 3.56. The fourth-order valence-electron chi connectivity index (χ4n) is 0.531. The minimum Gasteiger partial charge on any atom is -0.364 e. The molecule has 9 heteroatoms. The van der Waals surface area contributed by atoms with Crippen molar-refractivity contribution in [2.24, 2.45) is 5.73 Å². The number of halogens is 6. The van der Waals surface area contributed by atoms with Gasteiger partial charge in [-0.05, 0) is 0 Å². The van der Waals surface area contributed by atoms with Crippen LogP contribution < -0.4 is 5.73 Å². The molecular weight excluding hydrogens is 236 g/mol. The Morgan fingerprint density at radius 2 is 1.36 bits per heavy atom. The van der Waals surface area contributed by atoms with Gasteiger partial charge in [0.05, 0.1) is 0 Å². The second-order valence-electron chi connectivity index (χ2n) is 2.28. The number of hydrogen-bond donors (Lipinski definition) is 2. The van der Waals surface area contributed by atoms with Gasteiger partial charge in [-0.25, -0.2) is 0 Å². The SMILES string of the molecule is NCCSC(O)(C(F)(F)F)C(F)(F)F. The molecule has 0 amide bonds. The number of thioether (sulfide) groups is 1. The molecule has 0 spiro atoms. The molecule has 0 rings (SSSR count). The molecule has 0 aromatic rings. The quantitative estimate of drug-likeness (QED) is 0.583. The Labute approximate surface area is 79.4 Å². The zero-order valence-electron chi connectivity index (χ0n) is 6.61. The van der Waals surface area contributed by atoms with Gasteiger partial charge in [0, 0.05) is 12.3 Å². The highest BCUT2D eigenvalue weighted by Crippen LogP contribution is 2.49. The van der Waals surface area contributed by atoms with Crippen LogP contribution >= 0.6 is 11.8 Å². The van der Waals surface area contributed by atoms with Crippen LogP contribution in [0.25, 0.3) is 0 Å². The van der Waals surface area contributed by atoms with Crippen LogP contribution in [0.15, 0.2) is 0 Å². The molecule has 0 bridgehead atoms. The van der Waals surface area contributed by atoms with E-state index in [0.717, 1.165) is 0 Å². The van der Waals surface area contributed by atoms with Crippen LogP contribution in [-0.2, 0) is 0 Å². The van der Waals surface area contributed by atoms with Gasteiger partial charge in [-0.1, -0.05) is 0 Å². The molecule has 0 unspecified atom stereocenters. The summed E-state index contributed by atoms with van der Waals surface area (Å²) in [5.74, 6) is -0.643. The standard InChI is InChI=1S/C5H7F6NOS/c6-4(7,8)3(13,5(9,10)11)14-2-1-12/h13H,1-2,12H2. The van der Waals surface area contributed by atoms with Gasteiger partial charge in [-0.3, -0.25) is 0 Å². The van der Waals surface area contributed by atoms with Crippen molar-refractivity contribution in [2.45, 2.75) is 17.3 Å². The first-order valence-corrected chi connectivity index (χ1v) is 4.24. The molecule has 0 aliphatic carbocycles. The van der Waals surface area contributed by atoms with Crippen LogP contribution in [0.2, 0.25) is 0 Å². The van der Waals surface area contributed by atoms with Gasteiger partial charge in [0.25, 0.3) is 0 Å². The van der Waals surface area contributed by atoms with Gasteiger partial charge in [0.1, 0.15) is 0 Å². The summed E-state index contributed by atoms with van der Waals surface area (Å²) < 4.78 is 71.4. The maximum atomic E-state index is 11.9. The van der Waals surface area contributed by atoms with E-state index in [9.17, 15) is 26.3 Å². The maximum Gasteiger partial charge on any atom is 0.436 e. The summed E-state index contributed by atoms with van der Waals surface area (Å²) >= 11 is -0.682. The molecule has 0 radical (unpaired) electrons. The smallest absolute Gasteiger partial charge is 0.364 e. The first kappa shape index (κ1) is 13.8. The van der Waals surface area contributed by atoms with E-state index in [1.165, 1.54) is 0 Å². The molecule has 2 nitrogen and oxygen atoms in total. The van der Waals surface area contributed by atoms with Gasteiger partial charge in [0.15, 0.2) is 0 Å². The molecular formula is C5H7F6NOS. The summed E-state index contributed by atoms with van der Waals surface area (Å²) in [4.78, 5) is -4.74. The summed E-state index contributed by atoms with van der Waals surface area (Å²) in [5, 5.41) is 8.47. The van der Waals surface area contributed by atoms with E-state index in [1.807, 2.05) is 0 Å². The largest absolute Gasteiger partial charge is 0.436 e.